The van der Waals surface area contributed by atoms with E-state index in [4.69, 9.17) is 0 Å². The van der Waals surface area contributed by atoms with E-state index < -0.39 is 0 Å². The van der Waals surface area contributed by atoms with E-state index in [0.717, 1.165) is 42.2 Å². The number of aromatic nitrogens is 1. The topological polar surface area (TPSA) is 51.2 Å². The molecule has 0 saturated carbocycles. The van der Waals surface area contributed by atoms with Crippen LogP contribution in [0.2, 0.25) is 0 Å². The molecular weight excluding hydrogens is 303 g/mol. The Morgan fingerprint density at radius 1 is 1.27 bits per heavy atom. The molecule has 22 heavy (non-hydrogen) atoms. The molecule has 0 spiro atoms. The standard InChI is InChI=1S/C16H19FN2O2S/c1-21-15(20)5-3-2-4-10-18-16-19-14(11-22-16)12-6-8-13(17)9-7-12/h6-9,11H,2-5,10H2,1H3,(H,18,19). The van der Waals surface area contributed by atoms with Crippen LogP contribution in [0.15, 0.2) is 29.6 Å². The number of rotatable bonds is 8. The van der Waals surface area contributed by atoms with Crippen LogP contribution in [-0.2, 0) is 9.53 Å². The number of carbonyl (C=O) groups excluding carboxylic acids is 1. The molecule has 0 aliphatic rings. The molecule has 0 unspecified atom stereocenters. The first-order valence-electron chi connectivity index (χ1n) is 7.21. The SMILES string of the molecule is COC(=O)CCCCCNc1nc(-c2ccc(F)cc2)cs1. The monoisotopic (exact) mass is 322 g/mol. The molecule has 0 saturated heterocycles. The lowest BCUT2D eigenvalue weighted by molar-refractivity contribution is -0.140. The van der Waals surface area contributed by atoms with Crippen molar-refractivity contribution in [3.8, 4) is 11.3 Å². The summed E-state index contributed by atoms with van der Waals surface area (Å²) < 4.78 is 17.5. The molecule has 118 valence electrons. The van der Waals surface area contributed by atoms with Crippen LogP contribution in [0.3, 0.4) is 0 Å². The van der Waals surface area contributed by atoms with E-state index in [-0.39, 0.29) is 11.8 Å². The summed E-state index contributed by atoms with van der Waals surface area (Å²) in [7, 11) is 1.41. The van der Waals surface area contributed by atoms with E-state index in [2.05, 4.69) is 15.0 Å². The summed E-state index contributed by atoms with van der Waals surface area (Å²) in [6, 6.07) is 6.31. The zero-order chi connectivity index (χ0) is 15.8. The van der Waals surface area contributed by atoms with Crippen LogP contribution in [0, 0.1) is 5.82 Å². The molecule has 0 fully saturated rings. The minimum atomic E-state index is -0.246. The average Bonchev–Trinajstić information content (AvgIpc) is 3.00. The second-order valence-corrected chi connectivity index (χ2v) is 5.72. The quantitative estimate of drug-likeness (QED) is 0.587. The van der Waals surface area contributed by atoms with Crippen LogP contribution in [-0.4, -0.2) is 24.6 Å². The van der Waals surface area contributed by atoms with Gasteiger partial charge < -0.3 is 10.1 Å². The number of anilines is 1. The Labute approximate surface area is 133 Å². The number of carbonyl (C=O) groups is 1. The van der Waals surface area contributed by atoms with Gasteiger partial charge in [-0.05, 0) is 37.1 Å². The molecular formula is C16H19FN2O2S. The number of hydrogen-bond acceptors (Lipinski definition) is 5. The number of ether oxygens (including phenoxy) is 1. The molecule has 1 heterocycles. The lowest BCUT2D eigenvalue weighted by Gasteiger charge is -2.02. The molecule has 0 amide bonds. The zero-order valence-electron chi connectivity index (χ0n) is 12.5. The van der Waals surface area contributed by atoms with Crippen molar-refractivity contribution in [3.63, 3.8) is 0 Å². The van der Waals surface area contributed by atoms with Crippen molar-refractivity contribution in [2.24, 2.45) is 0 Å². The molecule has 2 aromatic rings. The van der Waals surface area contributed by atoms with Crippen LogP contribution < -0.4 is 5.32 Å². The lowest BCUT2D eigenvalue weighted by Crippen LogP contribution is -2.03. The normalized spacial score (nSPS) is 10.5. The third-order valence-corrected chi connectivity index (χ3v) is 4.01. The first-order chi connectivity index (χ1) is 10.7. The maximum absolute atomic E-state index is 12.9. The number of nitrogens with zero attached hydrogens (tertiary/aromatic N) is 1. The molecule has 6 heteroatoms. The summed E-state index contributed by atoms with van der Waals surface area (Å²) >= 11 is 1.53. The molecule has 0 aliphatic carbocycles. The highest BCUT2D eigenvalue weighted by Crippen LogP contribution is 2.25. The number of halogens is 1. The van der Waals surface area contributed by atoms with Gasteiger partial charge in [-0.1, -0.05) is 6.42 Å². The zero-order valence-corrected chi connectivity index (χ0v) is 13.3. The highest BCUT2D eigenvalue weighted by molar-refractivity contribution is 7.14. The van der Waals surface area contributed by atoms with Crippen molar-refractivity contribution in [2.45, 2.75) is 25.7 Å². The van der Waals surface area contributed by atoms with Crippen LogP contribution >= 0.6 is 11.3 Å². The van der Waals surface area contributed by atoms with E-state index in [1.54, 1.807) is 12.1 Å². The Hall–Kier alpha value is -1.95. The van der Waals surface area contributed by atoms with E-state index in [9.17, 15) is 9.18 Å². The molecule has 1 aromatic carbocycles. The van der Waals surface area contributed by atoms with E-state index in [0.29, 0.717) is 6.42 Å². The molecule has 1 N–H and O–H groups in total. The number of unbranched alkanes of at least 4 members (excludes halogenated alkanes) is 2. The van der Waals surface area contributed by atoms with Gasteiger partial charge in [0.2, 0.25) is 0 Å². The predicted molar refractivity (Wildman–Crippen MR) is 86.5 cm³/mol. The summed E-state index contributed by atoms with van der Waals surface area (Å²) in [4.78, 5) is 15.4. The fraction of sp³-hybridized carbons (Fsp3) is 0.375. The van der Waals surface area contributed by atoms with Gasteiger partial charge in [0.15, 0.2) is 5.13 Å². The van der Waals surface area contributed by atoms with Gasteiger partial charge in [-0.25, -0.2) is 9.37 Å². The molecule has 0 atom stereocenters. The fourth-order valence-corrected chi connectivity index (χ4v) is 2.73. The summed E-state index contributed by atoms with van der Waals surface area (Å²) in [6.07, 6.45) is 3.26. The first-order valence-corrected chi connectivity index (χ1v) is 8.09. The summed E-state index contributed by atoms with van der Waals surface area (Å²) in [5.74, 6) is -0.402. The Morgan fingerprint density at radius 3 is 2.77 bits per heavy atom. The van der Waals surface area contributed by atoms with Crippen molar-refractivity contribution >= 4 is 22.4 Å². The van der Waals surface area contributed by atoms with Crippen LogP contribution in [0.1, 0.15) is 25.7 Å². The van der Waals surface area contributed by atoms with Crippen LogP contribution in [0.5, 0.6) is 0 Å². The molecule has 2 rings (SSSR count). The van der Waals surface area contributed by atoms with Crippen molar-refractivity contribution < 1.29 is 13.9 Å². The number of benzene rings is 1. The summed E-state index contributed by atoms with van der Waals surface area (Å²) in [6.45, 7) is 0.817. The number of nitrogens with one attached hydrogen (secondary N) is 1. The van der Waals surface area contributed by atoms with Crippen LogP contribution in [0.25, 0.3) is 11.3 Å². The van der Waals surface area contributed by atoms with Crippen molar-refractivity contribution in [1.82, 2.24) is 4.98 Å². The molecule has 0 aliphatic heterocycles. The largest absolute Gasteiger partial charge is 0.469 e. The number of thiazole rings is 1. The maximum atomic E-state index is 12.9. The third-order valence-electron chi connectivity index (χ3n) is 3.21. The predicted octanol–water partition coefficient (Wildman–Crippen LogP) is 4.09. The molecule has 4 nitrogen and oxygen atoms in total. The smallest absolute Gasteiger partial charge is 0.305 e. The third kappa shape index (κ3) is 5.11. The Morgan fingerprint density at radius 2 is 2.05 bits per heavy atom. The van der Waals surface area contributed by atoms with Gasteiger partial charge in [0, 0.05) is 23.9 Å². The van der Waals surface area contributed by atoms with Gasteiger partial charge in [0.1, 0.15) is 5.82 Å². The van der Waals surface area contributed by atoms with Crippen molar-refractivity contribution in [1.29, 1.82) is 0 Å². The second-order valence-electron chi connectivity index (χ2n) is 4.86. The fourth-order valence-electron chi connectivity index (χ4n) is 1.98. The van der Waals surface area contributed by atoms with E-state index >= 15 is 0 Å². The van der Waals surface area contributed by atoms with E-state index in [1.807, 2.05) is 5.38 Å². The van der Waals surface area contributed by atoms with Gasteiger partial charge in [0.25, 0.3) is 0 Å². The van der Waals surface area contributed by atoms with Crippen molar-refractivity contribution in [2.75, 3.05) is 19.0 Å². The van der Waals surface area contributed by atoms with Crippen LogP contribution in [0.4, 0.5) is 9.52 Å². The molecule has 0 bridgehead atoms. The first kappa shape index (κ1) is 16.4. The minimum absolute atomic E-state index is 0.156. The number of esters is 1. The van der Waals surface area contributed by atoms with Gasteiger partial charge in [0.05, 0.1) is 12.8 Å². The number of methoxy groups -OCH3 is 1. The van der Waals surface area contributed by atoms with E-state index in [1.165, 1.54) is 30.6 Å². The lowest BCUT2D eigenvalue weighted by atomic mass is 10.2. The maximum Gasteiger partial charge on any atom is 0.305 e. The number of hydrogen-bond donors (Lipinski definition) is 1. The highest BCUT2D eigenvalue weighted by atomic mass is 32.1. The highest BCUT2D eigenvalue weighted by Gasteiger charge is 2.04. The molecule has 0 radical (unpaired) electrons. The summed E-state index contributed by atoms with van der Waals surface area (Å²) in [5, 5.41) is 6.07. The van der Waals surface area contributed by atoms with Gasteiger partial charge >= 0.3 is 5.97 Å². The summed E-state index contributed by atoms with van der Waals surface area (Å²) in [5.41, 5.74) is 1.75. The van der Waals surface area contributed by atoms with Gasteiger partial charge in [-0.2, -0.15) is 0 Å². The Bertz CT molecular complexity index is 598. The second kappa shape index (κ2) is 8.48. The minimum Gasteiger partial charge on any atom is -0.469 e. The average molecular weight is 322 g/mol. The Kier molecular flexibility index (Phi) is 6.33. The van der Waals surface area contributed by atoms with Gasteiger partial charge in [-0.3, -0.25) is 4.79 Å². The van der Waals surface area contributed by atoms with Gasteiger partial charge in [-0.15, -0.1) is 11.3 Å². The molecule has 1 aromatic heterocycles. The Balaban J connectivity index is 1.71. The van der Waals surface area contributed by atoms with Crippen molar-refractivity contribution in [3.05, 3.63) is 35.5 Å².